The molecule has 0 radical (unpaired) electrons. The number of carbonyl (C=O) groups excluding carboxylic acids is 1. The van der Waals surface area contributed by atoms with Crippen LogP contribution in [-0.4, -0.2) is 31.4 Å². The minimum Gasteiger partial charge on any atom is -0.446 e. The summed E-state index contributed by atoms with van der Waals surface area (Å²) in [5, 5.41) is 19.5. The molecule has 0 N–H and O–H groups in total. The van der Waals surface area contributed by atoms with Gasteiger partial charge in [-0.25, -0.2) is 9.48 Å². The van der Waals surface area contributed by atoms with Gasteiger partial charge in [0.05, 0.1) is 11.1 Å². The minimum atomic E-state index is -1.51. The molecule has 0 fully saturated rings. The third-order valence-corrected chi connectivity index (χ3v) is 4.88. The average Bonchev–Trinajstić information content (AvgIpc) is 3.00. The Kier molecular flexibility index (Phi) is 4.97. The normalized spacial score (nSPS) is 12.7. The number of carbonyl (C=O) groups is 1. The Labute approximate surface area is 163 Å². The third-order valence-electron chi connectivity index (χ3n) is 4.36. The molecule has 9 heteroatoms. The number of hydrogen-bond donors (Lipinski definition) is 0. The van der Waals surface area contributed by atoms with E-state index in [0.29, 0.717) is 11.1 Å². The minimum absolute atomic E-state index is 0.254. The quantitative estimate of drug-likeness (QED) is 0.346. The molecule has 2 aromatic carbocycles. The van der Waals surface area contributed by atoms with E-state index in [1.807, 2.05) is 0 Å². The number of nitrogens with zero attached hydrogens (tertiary/aromatic N) is 4. The van der Waals surface area contributed by atoms with Crippen LogP contribution in [0.2, 0.25) is 0 Å². The monoisotopic (exact) mass is 432 g/mol. The van der Waals surface area contributed by atoms with Gasteiger partial charge in [0.2, 0.25) is 0 Å². The predicted molar refractivity (Wildman–Crippen MR) is 102 cm³/mol. The van der Waals surface area contributed by atoms with Crippen molar-refractivity contribution in [3.8, 4) is 0 Å². The summed E-state index contributed by atoms with van der Waals surface area (Å²) in [6, 6.07) is 11.7. The lowest BCUT2D eigenvalue weighted by molar-refractivity contribution is -0.574. The summed E-state index contributed by atoms with van der Waals surface area (Å²) in [5.74, 6) is -0.662. The summed E-state index contributed by atoms with van der Waals surface area (Å²) < 4.78 is 8.00. The molecule has 1 atom stereocenters. The summed E-state index contributed by atoms with van der Waals surface area (Å²) in [7, 11) is 1.75. The molecule has 0 spiro atoms. The highest BCUT2D eigenvalue weighted by molar-refractivity contribution is 9.10. The number of ether oxygens (including phenoxy) is 1. The molecule has 1 aromatic heterocycles. The molecule has 0 amide bonds. The Hall–Kier alpha value is -2.81. The van der Waals surface area contributed by atoms with E-state index in [0.717, 1.165) is 9.99 Å². The summed E-state index contributed by atoms with van der Waals surface area (Å²) in [5.41, 5.74) is 0.584. The van der Waals surface area contributed by atoms with Crippen molar-refractivity contribution in [3.05, 3.63) is 68.2 Å². The van der Waals surface area contributed by atoms with Crippen LogP contribution in [0.15, 0.2) is 46.9 Å². The van der Waals surface area contributed by atoms with Gasteiger partial charge in [0.25, 0.3) is 5.54 Å². The van der Waals surface area contributed by atoms with Crippen LogP contribution in [0, 0.1) is 10.1 Å². The number of nitro groups is 1. The fraction of sp³-hybridized carbons (Fsp3) is 0.278. The molecule has 0 aliphatic rings. The lowest BCUT2D eigenvalue weighted by Gasteiger charge is -2.27. The molecule has 3 rings (SSSR count). The van der Waals surface area contributed by atoms with Crippen molar-refractivity contribution in [2.24, 2.45) is 7.05 Å². The van der Waals surface area contributed by atoms with E-state index >= 15 is 0 Å². The molecule has 27 heavy (non-hydrogen) atoms. The van der Waals surface area contributed by atoms with Crippen molar-refractivity contribution in [2.45, 2.75) is 25.5 Å². The van der Waals surface area contributed by atoms with E-state index < -0.39 is 22.5 Å². The van der Waals surface area contributed by atoms with E-state index in [2.05, 4.69) is 26.2 Å². The van der Waals surface area contributed by atoms with Gasteiger partial charge in [-0.05, 0) is 35.9 Å². The van der Waals surface area contributed by atoms with Crippen LogP contribution in [0.3, 0.4) is 0 Å². The summed E-state index contributed by atoms with van der Waals surface area (Å²) in [4.78, 5) is 23.8. The summed E-state index contributed by atoms with van der Waals surface area (Å²) in [6.45, 7) is 2.86. The van der Waals surface area contributed by atoms with Crippen molar-refractivity contribution in [1.29, 1.82) is 0 Å². The van der Waals surface area contributed by atoms with Crippen LogP contribution < -0.4 is 0 Å². The van der Waals surface area contributed by atoms with Crippen LogP contribution in [0.1, 0.15) is 35.9 Å². The SMILES string of the molecule is Cn1nnc2cc(C(=O)OC(c3ccc(Br)cc3)C(C)(C)[N+](=O)[O-])ccc21. The van der Waals surface area contributed by atoms with Gasteiger partial charge >= 0.3 is 5.97 Å². The maximum atomic E-state index is 12.7. The van der Waals surface area contributed by atoms with Crippen LogP contribution in [0.5, 0.6) is 0 Å². The topological polar surface area (TPSA) is 100 Å². The highest BCUT2D eigenvalue weighted by atomic mass is 79.9. The largest absolute Gasteiger partial charge is 0.446 e. The van der Waals surface area contributed by atoms with Crippen molar-refractivity contribution in [1.82, 2.24) is 15.0 Å². The second-order valence-corrected chi connectivity index (χ2v) is 7.58. The Morgan fingerprint density at radius 2 is 1.93 bits per heavy atom. The molecule has 0 aliphatic heterocycles. The molecular formula is C18H17BrN4O4. The third kappa shape index (κ3) is 3.68. The van der Waals surface area contributed by atoms with Crippen LogP contribution in [0.25, 0.3) is 11.0 Å². The summed E-state index contributed by atoms with van der Waals surface area (Å²) >= 11 is 3.33. The Morgan fingerprint density at radius 1 is 1.26 bits per heavy atom. The van der Waals surface area contributed by atoms with Crippen molar-refractivity contribution < 1.29 is 14.5 Å². The van der Waals surface area contributed by atoms with Crippen LogP contribution >= 0.6 is 15.9 Å². The smallest absolute Gasteiger partial charge is 0.339 e. The van der Waals surface area contributed by atoms with E-state index in [4.69, 9.17) is 4.74 Å². The van der Waals surface area contributed by atoms with Crippen LogP contribution in [0.4, 0.5) is 0 Å². The zero-order valence-electron chi connectivity index (χ0n) is 14.9. The Bertz CT molecular complexity index is 1010. The van der Waals surface area contributed by atoms with E-state index in [9.17, 15) is 14.9 Å². The number of esters is 1. The molecule has 0 saturated heterocycles. The first-order chi connectivity index (χ1) is 12.7. The second kappa shape index (κ2) is 7.07. The van der Waals surface area contributed by atoms with Gasteiger partial charge in [-0.1, -0.05) is 33.3 Å². The van der Waals surface area contributed by atoms with Crippen molar-refractivity contribution in [3.63, 3.8) is 0 Å². The van der Waals surface area contributed by atoms with Gasteiger partial charge in [-0.2, -0.15) is 0 Å². The zero-order chi connectivity index (χ0) is 19.8. The first kappa shape index (κ1) is 19.0. The molecule has 0 aliphatic carbocycles. The lowest BCUT2D eigenvalue weighted by Crippen LogP contribution is -2.40. The van der Waals surface area contributed by atoms with Crippen LogP contribution in [-0.2, 0) is 11.8 Å². The number of halogens is 1. The fourth-order valence-electron chi connectivity index (χ4n) is 2.70. The van der Waals surface area contributed by atoms with E-state index in [-0.39, 0.29) is 5.56 Å². The average molecular weight is 433 g/mol. The van der Waals surface area contributed by atoms with Crippen molar-refractivity contribution >= 4 is 32.9 Å². The molecule has 1 unspecified atom stereocenters. The van der Waals surface area contributed by atoms with Crippen molar-refractivity contribution in [2.75, 3.05) is 0 Å². The highest BCUT2D eigenvalue weighted by Crippen LogP contribution is 2.33. The van der Waals surface area contributed by atoms with Gasteiger partial charge in [-0.15, -0.1) is 5.10 Å². The molecule has 0 bridgehead atoms. The van der Waals surface area contributed by atoms with Gasteiger partial charge in [-0.3, -0.25) is 10.1 Å². The number of rotatable bonds is 5. The zero-order valence-corrected chi connectivity index (χ0v) is 16.5. The maximum Gasteiger partial charge on any atom is 0.339 e. The fourth-order valence-corrected chi connectivity index (χ4v) is 2.96. The van der Waals surface area contributed by atoms with Gasteiger partial charge in [0.15, 0.2) is 6.10 Å². The predicted octanol–water partition coefficient (Wildman–Crippen LogP) is 3.68. The Balaban J connectivity index is 1.95. The first-order valence-corrected chi connectivity index (χ1v) is 8.90. The van der Waals surface area contributed by atoms with Gasteiger partial charge in [0, 0.05) is 30.3 Å². The number of benzene rings is 2. The molecule has 3 aromatic rings. The molecule has 140 valence electrons. The molecule has 1 heterocycles. The maximum absolute atomic E-state index is 12.7. The van der Waals surface area contributed by atoms with Gasteiger partial charge in [0.1, 0.15) is 5.52 Å². The number of fused-ring (bicyclic) bond motifs is 1. The lowest BCUT2D eigenvalue weighted by atomic mass is 9.91. The van der Waals surface area contributed by atoms with Gasteiger partial charge < -0.3 is 4.74 Å². The Morgan fingerprint density at radius 3 is 2.56 bits per heavy atom. The number of aromatic nitrogens is 3. The first-order valence-electron chi connectivity index (χ1n) is 8.10. The second-order valence-electron chi connectivity index (χ2n) is 6.66. The van der Waals surface area contributed by atoms with E-state index in [1.165, 1.54) is 13.8 Å². The highest BCUT2D eigenvalue weighted by Gasteiger charge is 2.45. The molecule has 8 nitrogen and oxygen atoms in total. The standard InChI is InChI=1S/C18H17BrN4O4/c1-18(2,23(25)26)16(11-4-7-13(19)8-5-11)27-17(24)12-6-9-15-14(10-12)20-21-22(15)3/h4-10,16H,1-3H3. The van der Waals surface area contributed by atoms with E-state index in [1.54, 1.807) is 54.2 Å². The molecule has 0 saturated carbocycles. The number of aryl methyl sites for hydroxylation is 1. The molecular weight excluding hydrogens is 416 g/mol. The summed E-state index contributed by atoms with van der Waals surface area (Å²) in [6.07, 6.45) is -1.06. The number of hydrogen-bond acceptors (Lipinski definition) is 6.